The van der Waals surface area contributed by atoms with E-state index in [-0.39, 0.29) is 18.1 Å². The van der Waals surface area contributed by atoms with Crippen molar-refractivity contribution in [2.24, 2.45) is 0 Å². The van der Waals surface area contributed by atoms with Crippen molar-refractivity contribution >= 4 is 5.97 Å². The van der Waals surface area contributed by atoms with Crippen molar-refractivity contribution < 1.29 is 14.3 Å². The standard InChI is InChI=1S/C14H28N2O3/c1-11(2)15-13(14(17)19-4)7-10-16-8-5-12(18-3)6-9-16/h11-13,15H,5-10H2,1-4H3. The van der Waals surface area contributed by atoms with E-state index in [4.69, 9.17) is 9.47 Å². The van der Waals surface area contributed by atoms with Crippen LogP contribution in [-0.4, -0.2) is 62.9 Å². The van der Waals surface area contributed by atoms with Crippen molar-refractivity contribution in [2.75, 3.05) is 33.9 Å². The molecule has 112 valence electrons. The molecule has 1 heterocycles. The normalized spacial score (nSPS) is 19.6. The van der Waals surface area contributed by atoms with Crippen LogP contribution in [0.2, 0.25) is 0 Å². The molecule has 1 fully saturated rings. The molecule has 1 atom stereocenters. The molecule has 0 saturated carbocycles. The molecule has 0 radical (unpaired) electrons. The molecule has 0 amide bonds. The van der Waals surface area contributed by atoms with Gasteiger partial charge in [0.1, 0.15) is 6.04 Å². The van der Waals surface area contributed by atoms with Crippen LogP contribution < -0.4 is 5.32 Å². The van der Waals surface area contributed by atoms with Crippen LogP contribution in [0.1, 0.15) is 33.1 Å². The summed E-state index contributed by atoms with van der Waals surface area (Å²) in [6.45, 7) is 7.11. The first-order chi connectivity index (χ1) is 9.06. The Morgan fingerprint density at radius 3 is 2.42 bits per heavy atom. The van der Waals surface area contributed by atoms with Crippen molar-refractivity contribution in [3.8, 4) is 0 Å². The SMILES string of the molecule is COC(=O)C(CCN1CCC(OC)CC1)NC(C)C. The molecular weight excluding hydrogens is 244 g/mol. The fraction of sp³-hybridized carbons (Fsp3) is 0.929. The van der Waals surface area contributed by atoms with Gasteiger partial charge in [-0.3, -0.25) is 4.79 Å². The minimum absolute atomic E-state index is 0.166. The van der Waals surface area contributed by atoms with E-state index in [0.29, 0.717) is 6.10 Å². The van der Waals surface area contributed by atoms with Crippen LogP contribution in [0, 0.1) is 0 Å². The molecule has 0 spiro atoms. The number of ether oxygens (including phenoxy) is 2. The maximum absolute atomic E-state index is 11.7. The van der Waals surface area contributed by atoms with Crippen molar-refractivity contribution in [2.45, 2.75) is 51.3 Å². The second-order valence-corrected chi connectivity index (χ2v) is 5.46. The van der Waals surface area contributed by atoms with E-state index in [9.17, 15) is 4.79 Å². The lowest BCUT2D eigenvalue weighted by atomic mass is 10.1. The number of rotatable bonds is 7. The average Bonchev–Trinajstić information content (AvgIpc) is 2.42. The highest BCUT2D eigenvalue weighted by Gasteiger charge is 2.23. The maximum Gasteiger partial charge on any atom is 0.322 e. The molecule has 0 aromatic heterocycles. The summed E-state index contributed by atoms with van der Waals surface area (Å²) >= 11 is 0. The zero-order chi connectivity index (χ0) is 14.3. The van der Waals surface area contributed by atoms with Gasteiger partial charge in [0.15, 0.2) is 0 Å². The molecule has 1 rings (SSSR count). The summed E-state index contributed by atoms with van der Waals surface area (Å²) in [6, 6.07) is 0.0773. The Bertz CT molecular complexity index is 263. The number of carbonyl (C=O) groups excluding carboxylic acids is 1. The number of nitrogens with zero attached hydrogens (tertiary/aromatic N) is 1. The highest BCUT2D eigenvalue weighted by molar-refractivity contribution is 5.75. The fourth-order valence-corrected chi connectivity index (χ4v) is 2.49. The van der Waals surface area contributed by atoms with Gasteiger partial charge in [-0.2, -0.15) is 0 Å². The van der Waals surface area contributed by atoms with E-state index in [1.54, 1.807) is 7.11 Å². The van der Waals surface area contributed by atoms with Gasteiger partial charge in [-0.05, 0) is 19.3 Å². The Labute approximate surface area is 116 Å². The van der Waals surface area contributed by atoms with Crippen molar-refractivity contribution in [1.82, 2.24) is 10.2 Å². The Kier molecular flexibility index (Phi) is 7.34. The molecule has 5 nitrogen and oxygen atoms in total. The first-order valence-corrected chi connectivity index (χ1v) is 7.15. The summed E-state index contributed by atoms with van der Waals surface area (Å²) in [5.41, 5.74) is 0. The number of likely N-dealkylation sites (tertiary alicyclic amines) is 1. The van der Waals surface area contributed by atoms with E-state index in [0.717, 1.165) is 38.9 Å². The van der Waals surface area contributed by atoms with Gasteiger partial charge in [-0.1, -0.05) is 13.8 Å². The van der Waals surface area contributed by atoms with E-state index < -0.39 is 0 Å². The third-order valence-corrected chi connectivity index (χ3v) is 3.62. The molecule has 0 bridgehead atoms. The first-order valence-electron chi connectivity index (χ1n) is 7.15. The van der Waals surface area contributed by atoms with Crippen LogP contribution in [0.5, 0.6) is 0 Å². The van der Waals surface area contributed by atoms with E-state index in [1.165, 1.54) is 7.11 Å². The Morgan fingerprint density at radius 2 is 1.95 bits per heavy atom. The number of esters is 1. The lowest BCUT2D eigenvalue weighted by Gasteiger charge is -2.32. The van der Waals surface area contributed by atoms with Gasteiger partial charge in [0.05, 0.1) is 13.2 Å². The third-order valence-electron chi connectivity index (χ3n) is 3.62. The number of hydrogen-bond donors (Lipinski definition) is 1. The number of carbonyl (C=O) groups is 1. The predicted octanol–water partition coefficient (Wildman–Crippen LogP) is 1.03. The van der Waals surface area contributed by atoms with E-state index in [2.05, 4.69) is 10.2 Å². The van der Waals surface area contributed by atoms with E-state index in [1.807, 2.05) is 13.8 Å². The molecule has 5 heteroatoms. The highest BCUT2D eigenvalue weighted by atomic mass is 16.5. The van der Waals surface area contributed by atoms with Crippen molar-refractivity contribution in [3.63, 3.8) is 0 Å². The third kappa shape index (κ3) is 5.89. The average molecular weight is 272 g/mol. The molecule has 0 aromatic carbocycles. The van der Waals surface area contributed by atoms with Crippen LogP contribution in [-0.2, 0) is 14.3 Å². The predicted molar refractivity (Wildman–Crippen MR) is 75.2 cm³/mol. The number of methoxy groups -OCH3 is 2. The second-order valence-electron chi connectivity index (χ2n) is 5.46. The molecule has 1 aliphatic rings. The Morgan fingerprint density at radius 1 is 1.32 bits per heavy atom. The quantitative estimate of drug-likeness (QED) is 0.702. The number of nitrogens with one attached hydrogen (secondary N) is 1. The van der Waals surface area contributed by atoms with Crippen LogP contribution in [0.25, 0.3) is 0 Å². The minimum atomic E-state index is -0.204. The van der Waals surface area contributed by atoms with Gasteiger partial charge in [0, 0.05) is 32.8 Å². The van der Waals surface area contributed by atoms with Gasteiger partial charge in [-0.15, -0.1) is 0 Å². The van der Waals surface area contributed by atoms with Crippen molar-refractivity contribution in [1.29, 1.82) is 0 Å². The smallest absolute Gasteiger partial charge is 0.322 e. The molecular formula is C14H28N2O3. The molecule has 1 N–H and O–H groups in total. The lowest BCUT2D eigenvalue weighted by Crippen LogP contribution is -2.45. The Balaban J connectivity index is 2.33. The molecule has 0 aliphatic carbocycles. The molecule has 0 aromatic rings. The lowest BCUT2D eigenvalue weighted by molar-refractivity contribution is -0.143. The van der Waals surface area contributed by atoms with Gasteiger partial charge < -0.3 is 19.7 Å². The van der Waals surface area contributed by atoms with Gasteiger partial charge >= 0.3 is 5.97 Å². The summed E-state index contributed by atoms with van der Waals surface area (Å²) in [5, 5.41) is 3.26. The number of hydrogen-bond acceptors (Lipinski definition) is 5. The second kappa shape index (κ2) is 8.51. The van der Waals surface area contributed by atoms with Crippen LogP contribution in [0.15, 0.2) is 0 Å². The van der Waals surface area contributed by atoms with Crippen LogP contribution >= 0.6 is 0 Å². The van der Waals surface area contributed by atoms with Crippen molar-refractivity contribution in [3.05, 3.63) is 0 Å². The van der Waals surface area contributed by atoms with Crippen LogP contribution in [0.4, 0.5) is 0 Å². The largest absolute Gasteiger partial charge is 0.468 e. The monoisotopic (exact) mass is 272 g/mol. The highest BCUT2D eigenvalue weighted by Crippen LogP contribution is 2.13. The fourth-order valence-electron chi connectivity index (χ4n) is 2.49. The molecule has 1 unspecified atom stereocenters. The molecule has 19 heavy (non-hydrogen) atoms. The minimum Gasteiger partial charge on any atom is -0.468 e. The summed E-state index contributed by atoms with van der Waals surface area (Å²) in [7, 11) is 3.22. The van der Waals surface area contributed by atoms with Crippen LogP contribution in [0.3, 0.4) is 0 Å². The van der Waals surface area contributed by atoms with Gasteiger partial charge in [0.2, 0.25) is 0 Å². The maximum atomic E-state index is 11.7. The summed E-state index contributed by atoms with van der Waals surface area (Å²) in [4.78, 5) is 14.1. The zero-order valence-electron chi connectivity index (χ0n) is 12.6. The van der Waals surface area contributed by atoms with Gasteiger partial charge in [-0.25, -0.2) is 0 Å². The summed E-state index contributed by atoms with van der Waals surface area (Å²) < 4.78 is 10.2. The summed E-state index contributed by atoms with van der Waals surface area (Å²) in [6.07, 6.45) is 3.36. The molecule has 1 aliphatic heterocycles. The topological polar surface area (TPSA) is 50.8 Å². The Hall–Kier alpha value is -0.650. The molecule has 1 saturated heterocycles. The first kappa shape index (κ1) is 16.4. The number of piperidine rings is 1. The summed E-state index contributed by atoms with van der Waals surface area (Å²) in [5.74, 6) is -0.166. The zero-order valence-corrected chi connectivity index (χ0v) is 12.6. The van der Waals surface area contributed by atoms with Gasteiger partial charge in [0.25, 0.3) is 0 Å². The van der Waals surface area contributed by atoms with E-state index >= 15 is 0 Å².